The van der Waals surface area contributed by atoms with Crippen LogP contribution in [0.5, 0.6) is 0 Å². The minimum absolute atomic E-state index is 0.787. The molecule has 0 bridgehead atoms. The van der Waals surface area contributed by atoms with Crippen LogP contribution in [-0.4, -0.2) is 18.1 Å². The largest absolute Gasteiger partial charge is 0.357 e. The number of aromatic nitrogens is 1. The Morgan fingerprint density at radius 2 is 2.00 bits per heavy atom. The molecule has 0 N–H and O–H groups in total. The molecule has 2 atom stereocenters. The van der Waals surface area contributed by atoms with Crippen molar-refractivity contribution in [3.8, 4) is 0 Å². The molecule has 2 fully saturated rings. The Balaban J connectivity index is 1.68. The SMILES string of the molecule is CC(C)C1CC1c1ccc(N2CCCC2)nc1. The molecule has 1 aromatic heterocycles. The van der Waals surface area contributed by atoms with Crippen LogP contribution in [0.25, 0.3) is 0 Å². The standard InChI is InChI=1S/C15H22N2/c1-11(2)13-9-14(13)12-5-6-15(16-10-12)17-7-3-4-8-17/h5-6,10-11,13-14H,3-4,7-9H2,1-2H3. The zero-order valence-corrected chi connectivity index (χ0v) is 10.9. The summed E-state index contributed by atoms with van der Waals surface area (Å²) in [5, 5.41) is 0. The van der Waals surface area contributed by atoms with E-state index in [0.29, 0.717) is 0 Å². The van der Waals surface area contributed by atoms with E-state index in [1.807, 2.05) is 0 Å². The number of nitrogens with zero attached hydrogens (tertiary/aromatic N) is 2. The number of pyridine rings is 1. The molecule has 2 aliphatic rings. The molecule has 0 radical (unpaired) electrons. The van der Waals surface area contributed by atoms with Crippen LogP contribution in [0.1, 0.15) is 44.6 Å². The Morgan fingerprint density at radius 3 is 2.53 bits per heavy atom. The van der Waals surface area contributed by atoms with Crippen LogP contribution >= 0.6 is 0 Å². The van der Waals surface area contributed by atoms with Crippen LogP contribution in [0.2, 0.25) is 0 Å². The summed E-state index contributed by atoms with van der Waals surface area (Å²) in [6.45, 7) is 7.03. The molecule has 3 rings (SSSR count). The molecule has 1 aromatic rings. The molecule has 2 heterocycles. The minimum atomic E-state index is 0.787. The Hall–Kier alpha value is -1.05. The number of anilines is 1. The summed E-state index contributed by atoms with van der Waals surface area (Å²) in [5.41, 5.74) is 1.45. The van der Waals surface area contributed by atoms with Gasteiger partial charge in [0.25, 0.3) is 0 Å². The average Bonchev–Trinajstić information content (AvgIpc) is 2.97. The van der Waals surface area contributed by atoms with Gasteiger partial charge in [-0.15, -0.1) is 0 Å². The molecule has 0 amide bonds. The van der Waals surface area contributed by atoms with E-state index in [4.69, 9.17) is 0 Å². The van der Waals surface area contributed by atoms with Gasteiger partial charge in [0.05, 0.1) is 0 Å². The summed E-state index contributed by atoms with van der Waals surface area (Å²) in [6.07, 6.45) is 6.12. The van der Waals surface area contributed by atoms with Gasteiger partial charge in [0.2, 0.25) is 0 Å². The van der Waals surface area contributed by atoms with Crippen molar-refractivity contribution in [3.05, 3.63) is 23.9 Å². The highest BCUT2D eigenvalue weighted by atomic mass is 15.2. The third-order valence-corrected chi connectivity index (χ3v) is 4.33. The maximum atomic E-state index is 4.64. The number of rotatable bonds is 3. The third-order valence-electron chi connectivity index (χ3n) is 4.33. The van der Waals surface area contributed by atoms with Crippen LogP contribution in [0, 0.1) is 11.8 Å². The van der Waals surface area contributed by atoms with E-state index >= 15 is 0 Å². The maximum absolute atomic E-state index is 4.64. The molecule has 2 nitrogen and oxygen atoms in total. The van der Waals surface area contributed by atoms with Crippen LogP contribution in [0.3, 0.4) is 0 Å². The highest BCUT2D eigenvalue weighted by Crippen LogP contribution is 2.51. The van der Waals surface area contributed by atoms with Gasteiger partial charge in [-0.2, -0.15) is 0 Å². The fourth-order valence-corrected chi connectivity index (χ4v) is 3.08. The monoisotopic (exact) mass is 230 g/mol. The normalized spacial score (nSPS) is 27.8. The molecule has 1 saturated carbocycles. The van der Waals surface area contributed by atoms with Gasteiger partial charge in [0, 0.05) is 19.3 Å². The fourth-order valence-electron chi connectivity index (χ4n) is 3.08. The first kappa shape index (κ1) is 11.1. The van der Waals surface area contributed by atoms with Crippen molar-refractivity contribution in [3.63, 3.8) is 0 Å². The zero-order valence-electron chi connectivity index (χ0n) is 10.9. The Bertz CT molecular complexity index is 376. The summed E-state index contributed by atoms with van der Waals surface area (Å²) in [4.78, 5) is 7.04. The molecule has 0 spiro atoms. The first-order valence-corrected chi connectivity index (χ1v) is 6.96. The molecule has 1 saturated heterocycles. The predicted octanol–water partition coefficient (Wildman–Crippen LogP) is 3.44. The van der Waals surface area contributed by atoms with E-state index in [2.05, 4.69) is 42.1 Å². The summed E-state index contributed by atoms with van der Waals surface area (Å²) < 4.78 is 0. The smallest absolute Gasteiger partial charge is 0.128 e. The molecule has 92 valence electrons. The van der Waals surface area contributed by atoms with Gasteiger partial charge >= 0.3 is 0 Å². The molecule has 2 unspecified atom stereocenters. The summed E-state index contributed by atoms with van der Waals surface area (Å²) in [5.74, 6) is 3.68. The van der Waals surface area contributed by atoms with Crippen molar-refractivity contribution in [2.24, 2.45) is 11.8 Å². The van der Waals surface area contributed by atoms with Gasteiger partial charge in [-0.1, -0.05) is 19.9 Å². The van der Waals surface area contributed by atoms with E-state index in [1.54, 1.807) is 0 Å². The van der Waals surface area contributed by atoms with E-state index in [0.717, 1.165) is 17.8 Å². The highest BCUT2D eigenvalue weighted by molar-refractivity contribution is 5.41. The second kappa shape index (κ2) is 4.32. The molecule has 17 heavy (non-hydrogen) atoms. The third kappa shape index (κ3) is 2.18. The lowest BCUT2D eigenvalue weighted by atomic mass is 10.0. The lowest BCUT2D eigenvalue weighted by Gasteiger charge is -2.16. The van der Waals surface area contributed by atoms with Crippen molar-refractivity contribution in [1.29, 1.82) is 0 Å². The number of hydrogen-bond donors (Lipinski definition) is 0. The van der Waals surface area contributed by atoms with Crippen molar-refractivity contribution in [2.45, 2.75) is 39.0 Å². The lowest BCUT2D eigenvalue weighted by molar-refractivity contribution is 0.548. The van der Waals surface area contributed by atoms with Gasteiger partial charge in [0.15, 0.2) is 0 Å². The fraction of sp³-hybridized carbons (Fsp3) is 0.667. The molecular weight excluding hydrogens is 208 g/mol. The maximum Gasteiger partial charge on any atom is 0.128 e. The molecule has 1 aliphatic carbocycles. The van der Waals surface area contributed by atoms with Gasteiger partial charge in [0.1, 0.15) is 5.82 Å². The lowest BCUT2D eigenvalue weighted by Crippen LogP contribution is -2.18. The van der Waals surface area contributed by atoms with E-state index in [-0.39, 0.29) is 0 Å². The molecule has 2 heteroatoms. The molecular formula is C15H22N2. The first-order valence-electron chi connectivity index (χ1n) is 6.96. The van der Waals surface area contributed by atoms with Crippen molar-refractivity contribution in [2.75, 3.05) is 18.0 Å². The van der Waals surface area contributed by atoms with Crippen LogP contribution < -0.4 is 4.90 Å². The second-order valence-electron chi connectivity index (χ2n) is 5.89. The quantitative estimate of drug-likeness (QED) is 0.790. The van der Waals surface area contributed by atoms with E-state index < -0.39 is 0 Å². The van der Waals surface area contributed by atoms with Crippen molar-refractivity contribution in [1.82, 2.24) is 4.98 Å². The van der Waals surface area contributed by atoms with E-state index in [1.165, 1.54) is 43.7 Å². The summed E-state index contributed by atoms with van der Waals surface area (Å²) in [6, 6.07) is 4.52. The Kier molecular flexibility index (Phi) is 2.81. The zero-order chi connectivity index (χ0) is 11.8. The Morgan fingerprint density at radius 1 is 1.24 bits per heavy atom. The molecule has 1 aliphatic heterocycles. The highest BCUT2D eigenvalue weighted by Gasteiger charge is 2.40. The Labute approximate surface area is 104 Å². The minimum Gasteiger partial charge on any atom is -0.357 e. The van der Waals surface area contributed by atoms with Crippen LogP contribution in [-0.2, 0) is 0 Å². The van der Waals surface area contributed by atoms with Gasteiger partial charge in [-0.3, -0.25) is 0 Å². The number of hydrogen-bond acceptors (Lipinski definition) is 2. The van der Waals surface area contributed by atoms with Crippen LogP contribution in [0.15, 0.2) is 18.3 Å². The van der Waals surface area contributed by atoms with E-state index in [9.17, 15) is 0 Å². The van der Waals surface area contributed by atoms with Gasteiger partial charge in [-0.25, -0.2) is 4.98 Å². The van der Waals surface area contributed by atoms with Crippen molar-refractivity contribution >= 4 is 5.82 Å². The summed E-state index contributed by atoms with van der Waals surface area (Å²) in [7, 11) is 0. The van der Waals surface area contributed by atoms with Crippen molar-refractivity contribution < 1.29 is 0 Å². The predicted molar refractivity (Wildman–Crippen MR) is 71.4 cm³/mol. The summed E-state index contributed by atoms with van der Waals surface area (Å²) >= 11 is 0. The average molecular weight is 230 g/mol. The first-order chi connectivity index (χ1) is 8.25. The topological polar surface area (TPSA) is 16.1 Å². The second-order valence-corrected chi connectivity index (χ2v) is 5.89. The van der Waals surface area contributed by atoms with Crippen LogP contribution in [0.4, 0.5) is 5.82 Å². The van der Waals surface area contributed by atoms with Gasteiger partial charge < -0.3 is 4.90 Å². The van der Waals surface area contributed by atoms with Gasteiger partial charge in [-0.05, 0) is 48.6 Å². The molecule has 0 aromatic carbocycles.